The van der Waals surface area contributed by atoms with Crippen LogP contribution in [0.2, 0.25) is 0 Å². The Balaban J connectivity index is 2.15. The predicted molar refractivity (Wildman–Crippen MR) is 84.3 cm³/mol. The number of nitrogens with one attached hydrogen (secondary N) is 1. The normalized spacial score (nSPS) is 18.9. The molecule has 0 bridgehead atoms. The lowest BCUT2D eigenvalue weighted by Crippen LogP contribution is -2.47. The first kappa shape index (κ1) is 14.1. The van der Waals surface area contributed by atoms with Crippen molar-refractivity contribution in [1.29, 1.82) is 0 Å². The van der Waals surface area contributed by atoms with Crippen LogP contribution in [0.4, 0.5) is 5.82 Å². The molecule has 7 heteroatoms. The number of hydrogen-bond donors (Lipinski definition) is 2. The average Bonchev–Trinajstić information content (AvgIpc) is 2.42. The van der Waals surface area contributed by atoms with Gasteiger partial charge in [0.25, 0.3) is 5.56 Å². The number of anilines is 1. The Morgan fingerprint density at radius 3 is 2.83 bits per heavy atom. The summed E-state index contributed by atoms with van der Waals surface area (Å²) in [4.78, 5) is 20.6. The summed E-state index contributed by atoms with van der Waals surface area (Å²) < 4.78 is 0.864. The first-order valence-electron chi connectivity index (χ1n) is 5.85. The summed E-state index contributed by atoms with van der Waals surface area (Å²) in [5, 5.41) is 0. The van der Waals surface area contributed by atoms with Crippen molar-refractivity contribution in [2.24, 2.45) is 5.73 Å². The molecular formula is C11H17IN4OS. The number of aromatic nitrogens is 2. The second-order valence-corrected chi connectivity index (χ2v) is 6.80. The van der Waals surface area contributed by atoms with E-state index in [4.69, 9.17) is 5.73 Å². The third-order valence-corrected chi connectivity index (χ3v) is 5.97. The molecule has 1 saturated heterocycles. The number of H-pyrrole nitrogens is 1. The van der Waals surface area contributed by atoms with Crippen molar-refractivity contribution in [3.8, 4) is 0 Å². The van der Waals surface area contributed by atoms with Crippen molar-refractivity contribution in [3.63, 3.8) is 0 Å². The molecule has 18 heavy (non-hydrogen) atoms. The molecule has 0 unspecified atom stereocenters. The van der Waals surface area contributed by atoms with Crippen LogP contribution in [-0.2, 0) is 0 Å². The van der Waals surface area contributed by atoms with Gasteiger partial charge in [0.2, 0.25) is 0 Å². The molecule has 1 aromatic heterocycles. The zero-order valence-corrected chi connectivity index (χ0v) is 13.3. The average molecular weight is 380 g/mol. The SMILES string of the molecule is CSC1(CN)CCN(c2nc[nH]c(=O)c2I)CC1. The molecule has 5 nitrogen and oxygen atoms in total. The summed E-state index contributed by atoms with van der Waals surface area (Å²) in [6, 6.07) is 0. The summed E-state index contributed by atoms with van der Waals surface area (Å²) in [6.45, 7) is 2.52. The molecule has 0 spiro atoms. The highest BCUT2D eigenvalue weighted by Gasteiger charge is 2.33. The second-order valence-electron chi connectivity index (χ2n) is 4.45. The monoisotopic (exact) mass is 380 g/mol. The first-order valence-corrected chi connectivity index (χ1v) is 8.15. The van der Waals surface area contributed by atoms with E-state index < -0.39 is 0 Å². The molecule has 0 aromatic carbocycles. The van der Waals surface area contributed by atoms with Gasteiger partial charge < -0.3 is 15.6 Å². The van der Waals surface area contributed by atoms with E-state index in [0.29, 0.717) is 10.1 Å². The van der Waals surface area contributed by atoms with Gasteiger partial charge in [-0.15, -0.1) is 0 Å². The smallest absolute Gasteiger partial charge is 0.266 e. The van der Waals surface area contributed by atoms with E-state index in [1.165, 1.54) is 6.33 Å². The highest BCUT2D eigenvalue weighted by molar-refractivity contribution is 14.1. The van der Waals surface area contributed by atoms with Gasteiger partial charge in [-0.3, -0.25) is 4.79 Å². The van der Waals surface area contributed by atoms with Crippen molar-refractivity contribution in [2.45, 2.75) is 17.6 Å². The maximum Gasteiger partial charge on any atom is 0.266 e. The van der Waals surface area contributed by atoms with E-state index >= 15 is 0 Å². The quantitative estimate of drug-likeness (QED) is 0.767. The number of nitrogens with two attached hydrogens (primary N) is 1. The molecular weight excluding hydrogens is 363 g/mol. The summed E-state index contributed by atoms with van der Waals surface area (Å²) in [5.41, 5.74) is 5.81. The summed E-state index contributed by atoms with van der Waals surface area (Å²) >= 11 is 3.91. The van der Waals surface area contributed by atoms with Crippen LogP contribution in [0.1, 0.15) is 12.8 Å². The van der Waals surface area contributed by atoms with Gasteiger partial charge in [0, 0.05) is 24.4 Å². The molecule has 0 amide bonds. The standard InChI is InChI=1S/C11H17IN4OS/c1-18-11(6-13)2-4-16(5-3-11)9-8(12)10(17)15-7-14-9/h7H,2-6,13H2,1H3,(H,14,15,17). The van der Waals surface area contributed by atoms with Gasteiger partial charge in [-0.2, -0.15) is 11.8 Å². The van der Waals surface area contributed by atoms with Crippen molar-refractivity contribution < 1.29 is 0 Å². The molecule has 1 fully saturated rings. The van der Waals surface area contributed by atoms with Gasteiger partial charge >= 0.3 is 0 Å². The van der Waals surface area contributed by atoms with Crippen molar-refractivity contribution in [1.82, 2.24) is 9.97 Å². The van der Waals surface area contributed by atoms with Crippen LogP contribution < -0.4 is 16.2 Å². The number of thioether (sulfide) groups is 1. The van der Waals surface area contributed by atoms with E-state index in [2.05, 4.69) is 43.7 Å². The van der Waals surface area contributed by atoms with Crippen LogP contribution in [0.5, 0.6) is 0 Å². The molecule has 0 atom stereocenters. The fraction of sp³-hybridized carbons (Fsp3) is 0.636. The van der Waals surface area contributed by atoms with Crippen LogP contribution in [0, 0.1) is 3.57 Å². The van der Waals surface area contributed by atoms with Gasteiger partial charge in [0.1, 0.15) is 9.39 Å². The highest BCUT2D eigenvalue weighted by atomic mass is 127. The van der Waals surface area contributed by atoms with Crippen molar-refractivity contribution >= 4 is 40.2 Å². The largest absolute Gasteiger partial charge is 0.355 e. The maximum atomic E-state index is 11.6. The highest BCUT2D eigenvalue weighted by Crippen LogP contribution is 2.34. The Bertz CT molecular complexity index is 464. The van der Waals surface area contributed by atoms with E-state index in [9.17, 15) is 4.79 Å². The molecule has 1 aromatic rings. The second kappa shape index (κ2) is 5.79. The van der Waals surface area contributed by atoms with Crippen LogP contribution >= 0.6 is 34.4 Å². The van der Waals surface area contributed by atoms with E-state index in [-0.39, 0.29) is 10.3 Å². The van der Waals surface area contributed by atoms with Crippen molar-refractivity contribution in [2.75, 3.05) is 30.8 Å². The molecule has 1 aliphatic rings. The fourth-order valence-electron chi connectivity index (χ4n) is 2.21. The van der Waals surface area contributed by atoms with Crippen molar-refractivity contribution in [3.05, 3.63) is 20.3 Å². The Morgan fingerprint density at radius 2 is 2.28 bits per heavy atom. The molecule has 0 saturated carbocycles. The van der Waals surface area contributed by atoms with Crippen LogP contribution in [-0.4, -0.2) is 40.6 Å². The number of halogens is 1. The molecule has 0 radical (unpaired) electrons. The van der Waals surface area contributed by atoms with Gasteiger partial charge in [-0.05, 0) is 41.7 Å². The van der Waals surface area contributed by atoms with Crippen LogP contribution in [0.15, 0.2) is 11.1 Å². The van der Waals surface area contributed by atoms with E-state index in [1.54, 1.807) is 0 Å². The molecule has 0 aliphatic carbocycles. The Hall–Kier alpha value is -0.280. The molecule has 3 N–H and O–H groups in total. The lowest BCUT2D eigenvalue weighted by Gasteiger charge is -2.40. The first-order chi connectivity index (χ1) is 8.62. The Kier molecular flexibility index (Phi) is 4.54. The lowest BCUT2D eigenvalue weighted by molar-refractivity contribution is 0.454. The topological polar surface area (TPSA) is 75.0 Å². The number of rotatable bonds is 3. The number of hydrogen-bond acceptors (Lipinski definition) is 5. The number of aromatic amines is 1. The van der Waals surface area contributed by atoms with Gasteiger partial charge in [0.05, 0.1) is 6.33 Å². The third-order valence-electron chi connectivity index (χ3n) is 3.56. The number of piperidine rings is 1. The minimum atomic E-state index is -0.0684. The molecule has 2 rings (SSSR count). The third kappa shape index (κ3) is 2.67. The van der Waals surface area contributed by atoms with E-state index in [1.807, 2.05) is 11.8 Å². The summed E-state index contributed by atoms with van der Waals surface area (Å²) in [5.74, 6) is 0.797. The predicted octanol–water partition coefficient (Wildman–Crippen LogP) is 1.04. The maximum absolute atomic E-state index is 11.6. The molecule has 1 aliphatic heterocycles. The fourth-order valence-corrected chi connectivity index (χ4v) is 3.61. The van der Waals surface area contributed by atoms with Crippen LogP contribution in [0.25, 0.3) is 0 Å². The zero-order chi connectivity index (χ0) is 13.2. The minimum absolute atomic E-state index is 0.0684. The van der Waals surface area contributed by atoms with Gasteiger partial charge in [-0.1, -0.05) is 0 Å². The Morgan fingerprint density at radius 1 is 1.61 bits per heavy atom. The van der Waals surface area contributed by atoms with Gasteiger partial charge in [0.15, 0.2) is 0 Å². The molecule has 2 heterocycles. The minimum Gasteiger partial charge on any atom is -0.355 e. The van der Waals surface area contributed by atoms with Crippen LogP contribution in [0.3, 0.4) is 0 Å². The summed E-state index contributed by atoms with van der Waals surface area (Å²) in [7, 11) is 0. The summed E-state index contributed by atoms with van der Waals surface area (Å²) in [6.07, 6.45) is 5.67. The number of nitrogens with zero attached hydrogens (tertiary/aromatic N) is 2. The molecule has 100 valence electrons. The van der Waals surface area contributed by atoms with E-state index in [0.717, 1.165) is 31.7 Å². The van der Waals surface area contributed by atoms with Gasteiger partial charge in [-0.25, -0.2) is 4.98 Å². The zero-order valence-electron chi connectivity index (χ0n) is 10.3. The Labute approximate surface area is 124 Å². The lowest BCUT2D eigenvalue weighted by atomic mass is 9.96.